The summed E-state index contributed by atoms with van der Waals surface area (Å²) in [4.78, 5) is 0. The zero-order valence-corrected chi connectivity index (χ0v) is 11.5. The molecule has 2 aromatic rings. The molecule has 0 aliphatic carbocycles. The molecule has 3 rings (SSSR count). The highest BCUT2D eigenvalue weighted by Gasteiger charge is 2.23. The summed E-state index contributed by atoms with van der Waals surface area (Å²) in [5.74, 6) is 0.921. The Balaban J connectivity index is 1.88. The molecule has 0 bridgehead atoms. The summed E-state index contributed by atoms with van der Waals surface area (Å²) in [7, 11) is 0. The molecule has 1 aromatic carbocycles. The van der Waals surface area contributed by atoms with Gasteiger partial charge >= 0.3 is 0 Å². The predicted octanol–water partition coefficient (Wildman–Crippen LogP) is 2.38. The molecule has 1 aliphatic rings. The Labute approximate surface area is 120 Å². The van der Waals surface area contributed by atoms with Gasteiger partial charge in [-0.15, -0.1) is 0 Å². The third-order valence-electron chi connectivity index (χ3n) is 3.11. The fourth-order valence-electron chi connectivity index (χ4n) is 2.09. The number of nitrogens with one attached hydrogen (secondary N) is 1. The van der Waals surface area contributed by atoms with Gasteiger partial charge in [-0.25, -0.2) is 0 Å². The van der Waals surface area contributed by atoms with Crippen molar-refractivity contribution in [1.29, 1.82) is 0 Å². The van der Waals surface area contributed by atoms with E-state index in [9.17, 15) is 5.11 Å². The highest BCUT2D eigenvalue weighted by atomic mass is 32.1. The second kappa shape index (κ2) is 5.56. The van der Waals surface area contributed by atoms with Crippen LogP contribution in [0.3, 0.4) is 0 Å². The fourth-order valence-corrected chi connectivity index (χ4v) is 2.28. The third kappa shape index (κ3) is 2.63. The van der Waals surface area contributed by atoms with Crippen molar-refractivity contribution >= 4 is 18.4 Å². The van der Waals surface area contributed by atoms with E-state index in [-0.39, 0.29) is 11.9 Å². The Morgan fingerprint density at radius 3 is 2.95 bits per heavy atom. The van der Waals surface area contributed by atoms with Gasteiger partial charge in [-0.1, -0.05) is 0 Å². The van der Waals surface area contributed by atoms with Crippen molar-refractivity contribution in [3.05, 3.63) is 40.4 Å². The van der Waals surface area contributed by atoms with Crippen molar-refractivity contribution in [3.63, 3.8) is 0 Å². The lowest BCUT2D eigenvalue weighted by molar-refractivity contribution is 0.102. The van der Waals surface area contributed by atoms with Gasteiger partial charge in [-0.3, -0.25) is 5.10 Å². The first kappa shape index (κ1) is 13.0. The Bertz CT molecular complexity index is 668. The first-order valence-corrected chi connectivity index (χ1v) is 6.77. The summed E-state index contributed by atoms with van der Waals surface area (Å²) in [6, 6.07) is 6.76. The standard InChI is InChI=1S/C13H14N4O2S/c18-10-5-3-9(4-6-10)8-14-17-12(15-16-13(17)20)11-2-1-7-19-11/h3-6,8,11,18H,1-2,7H2,(H,16,20)/b14-8+/t11-/m0/s1. The number of aromatic hydroxyl groups is 1. The van der Waals surface area contributed by atoms with Crippen LogP contribution in [0.4, 0.5) is 0 Å². The average Bonchev–Trinajstić information content (AvgIpc) is 3.08. The van der Waals surface area contributed by atoms with Crippen molar-refractivity contribution in [2.24, 2.45) is 5.10 Å². The molecule has 2 heterocycles. The predicted molar refractivity (Wildman–Crippen MR) is 76.4 cm³/mol. The maximum Gasteiger partial charge on any atom is 0.216 e. The van der Waals surface area contributed by atoms with Gasteiger partial charge in [0.15, 0.2) is 5.82 Å². The molecular weight excluding hydrogens is 276 g/mol. The van der Waals surface area contributed by atoms with E-state index in [1.165, 1.54) is 0 Å². The smallest absolute Gasteiger partial charge is 0.216 e. The number of hydrogen-bond donors (Lipinski definition) is 2. The van der Waals surface area contributed by atoms with Crippen LogP contribution in [0.5, 0.6) is 5.75 Å². The van der Waals surface area contributed by atoms with Crippen LogP contribution in [0.15, 0.2) is 29.4 Å². The molecule has 6 nitrogen and oxygen atoms in total. The van der Waals surface area contributed by atoms with Crippen LogP contribution in [-0.2, 0) is 4.74 Å². The van der Waals surface area contributed by atoms with Gasteiger partial charge in [0.05, 0.1) is 6.21 Å². The zero-order valence-electron chi connectivity index (χ0n) is 10.7. The minimum absolute atomic E-state index is 0.0556. The van der Waals surface area contributed by atoms with Gasteiger partial charge in [0.2, 0.25) is 4.77 Å². The van der Waals surface area contributed by atoms with Gasteiger partial charge in [-0.05, 0) is 54.9 Å². The van der Waals surface area contributed by atoms with Crippen LogP contribution >= 0.6 is 12.2 Å². The van der Waals surface area contributed by atoms with Gasteiger partial charge < -0.3 is 9.84 Å². The lowest BCUT2D eigenvalue weighted by Crippen LogP contribution is -2.05. The lowest BCUT2D eigenvalue weighted by atomic mass is 10.2. The number of rotatable bonds is 3. The van der Waals surface area contributed by atoms with Crippen LogP contribution < -0.4 is 0 Å². The number of aromatic nitrogens is 3. The summed E-state index contributed by atoms with van der Waals surface area (Å²) in [5.41, 5.74) is 0.865. The molecule has 7 heteroatoms. The first-order chi connectivity index (χ1) is 9.74. The van der Waals surface area contributed by atoms with E-state index < -0.39 is 0 Å². The van der Waals surface area contributed by atoms with Crippen molar-refractivity contribution in [1.82, 2.24) is 14.9 Å². The van der Waals surface area contributed by atoms with Gasteiger partial charge in [0.1, 0.15) is 11.9 Å². The molecule has 104 valence electrons. The normalized spacial score (nSPS) is 18.9. The SMILES string of the molecule is Oc1ccc(/C=N/n2c([C@@H]3CCCO3)n[nH]c2=S)cc1. The number of hydrogen-bond acceptors (Lipinski definition) is 5. The van der Waals surface area contributed by atoms with E-state index in [4.69, 9.17) is 17.0 Å². The largest absolute Gasteiger partial charge is 0.508 e. The van der Waals surface area contributed by atoms with Crippen molar-refractivity contribution in [2.45, 2.75) is 18.9 Å². The molecule has 0 amide bonds. The van der Waals surface area contributed by atoms with Crippen molar-refractivity contribution < 1.29 is 9.84 Å². The minimum Gasteiger partial charge on any atom is -0.508 e. The maximum atomic E-state index is 9.24. The summed E-state index contributed by atoms with van der Waals surface area (Å²) in [5, 5.41) is 20.5. The number of aromatic amines is 1. The van der Waals surface area contributed by atoms with Gasteiger partial charge in [0.25, 0.3) is 0 Å². The average molecular weight is 290 g/mol. The Hall–Kier alpha value is -1.99. The van der Waals surface area contributed by atoms with E-state index in [2.05, 4.69) is 15.3 Å². The molecule has 0 spiro atoms. The Morgan fingerprint density at radius 1 is 1.45 bits per heavy atom. The number of benzene rings is 1. The highest BCUT2D eigenvalue weighted by molar-refractivity contribution is 7.71. The summed E-state index contributed by atoms with van der Waals surface area (Å²) >= 11 is 5.18. The van der Waals surface area contributed by atoms with Gasteiger partial charge in [-0.2, -0.15) is 14.9 Å². The topological polar surface area (TPSA) is 75.4 Å². The number of nitrogens with zero attached hydrogens (tertiary/aromatic N) is 3. The number of phenolic OH excluding ortho intramolecular Hbond substituents is 1. The number of H-pyrrole nitrogens is 1. The van der Waals surface area contributed by atoms with E-state index >= 15 is 0 Å². The van der Waals surface area contributed by atoms with Crippen LogP contribution in [0.1, 0.15) is 30.3 Å². The maximum absolute atomic E-state index is 9.24. The van der Waals surface area contributed by atoms with Crippen LogP contribution in [-0.4, -0.2) is 32.8 Å². The Morgan fingerprint density at radius 2 is 2.25 bits per heavy atom. The third-order valence-corrected chi connectivity index (χ3v) is 3.37. The van der Waals surface area contributed by atoms with E-state index in [0.717, 1.165) is 25.0 Å². The fraction of sp³-hybridized carbons (Fsp3) is 0.308. The monoisotopic (exact) mass is 290 g/mol. The second-order valence-corrected chi connectivity index (χ2v) is 4.92. The summed E-state index contributed by atoms with van der Waals surface area (Å²) in [6.45, 7) is 0.742. The molecular formula is C13H14N4O2S. The van der Waals surface area contributed by atoms with Crippen LogP contribution in [0.2, 0.25) is 0 Å². The molecule has 1 aliphatic heterocycles. The van der Waals surface area contributed by atoms with Gasteiger partial charge in [0, 0.05) is 6.61 Å². The van der Waals surface area contributed by atoms with Crippen LogP contribution in [0.25, 0.3) is 0 Å². The molecule has 1 saturated heterocycles. The molecule has 20 heavy (non-hydrogen) atoms. The molecule has 2 N–H and O–H groups in total. The summed E-state index contributed by atoms with van der Waals surface area (Å²) in [6.07, 6.45) is 3.56. The van der Waals surface area contributed by atoms with Crippen molar-refractivity contribution in [3.8, 4) is 5.75 Å². The zero-order chi connectivity index (χ0) is 13.9. The van der Waals surface area contributed by atoms with E-state index in [0.29, 0.717) is 10.6 Å². The molecule has 1 fully saturated rings. The molecule has 0 saturated carbocycles. The van der Waals surface area contributed by atoms with Crippen LogP contribution in [0, 0.1) is 4.77 Å². The lowest BCUT2D eigenvalue weighted by Gasteiger charge is -2.07. The second-order valence-electron chi connectivity index (χ2n) is 4.54. The Kier molecular flexibility index (Phi) is 3.62. The van der Waals surface area contributed by atoms with E-state index in [1.807, 2.05) is 0 Å². The first-order valence-electron chi connectivity index (χ1n) is 6.36. The number of phenols is 1. The van der Waals surface area contributed by atoms with Crippen molar-refractivity contribution in [2.75, 3.05) is 6.61 Å². The highest BCUT2D eigenvalue weighted by Crippen LogP contribution is 2.26. The molecule has 0 unspecified atom stereocenters. The van der Waals surface area contributed by atoms with E-state index in [1.54, 1.807) is 35.2 Å². The molecule has 1 aromatic heterocycles. The number of ether oxygens (including phenoxy) is 1. The molecule has 1 atom stereocenters. The quantitative estimate of drug-likeness (QED) is 0.672. The molecule has 0 radical (unpaired) electrons. The minimum atomic E-state index is -0.0556. The summed E-state index contributed by atoms with van der Waals surface area (Å²) < 4.78 is 7.62.